The van der Waals surface area contributed by atoms with Crippen LogP contribution in [0.15, 0.2) is 12.1 Å². The van der Waals surface area contributed by atoms with Gasteiger partial charge < -0.3 is 10.3 Å². The molecule has 5 heteroatoms. The van der Waals surface area contributed by atoms with Gasteiger partial charge in [0, 0.05) is 19.5 Å². The molecule has 3 rings (SSSR count). The van der Waals surface area contributed by atoms with Gasteiger partial charge in [0.25, 0.3) is 0 Å². The average Bonchev–Trinajstić information content (AvgIpc) is 2.86. The number of H-pyrrole nitrogens is 1. The van der Waals surface area contributed by atoms with Gasteiger partial charge in [0.2, 0.25) is 5.91 Å². The number of aromatic nitrogens is 2. The summed E-state index contributed by atoms with van der Waals surface area (Å²) in [7, 11) is 0. The molecule has 2 N–H and O–H groups in total. The molecular weight excluding hydrogens is 276 g/mol. The summed E-state index contributed by atoms with van der Waals surface area (Å²) < 4.78 is 0. The molecule has 0 aliphatic carbocycles. The number of rotatable bonds is 3. The van der Waals surface area contributed by atoms with Crippen LogP contribution in [-0.4, -0.2) is 39.9 Å². The number of piperidine rings is 1. The number of likely N-dealkylation sites (tertiary alicyclic amines) is 1. The van der Waals surface area contributed by atoms with E-state index in [1.54, 1.807) is 6.92 Å². The summed E-state index contributed by atoms with van der Waals surface area (Å²) in [6, 6.07) is 4.50. The molecule has 1 aliphatic rings. The van der Waals surface area contributed by atoms with Crippen LogP contribution in [0.4, 0.5) is 0 Å². The third kappa shape index (κ3) is 3.14. The minimum atomic E-state index is 0.0571. The summed E-state index contributed by atoms with van der Waals surface area (Å²) >= 11 is 0. The summed E-state index contributed by atoms with van der Waals surface area (Å²) in [5, 5.41) is 3.03. The summed E-state index contributed by atoms with van der Waals surface area (Å²) in [4.78, 5) is 21.8. The summed E-state index contributed by atoms with van der Waals surface area (Å²) in [6.07, 6.45) is 2.18. The van der Waals surface area contributed by atoms with Crippen LogP contribution in [0.25, 0.3) is 11.0 Å². The number of aryl methyl sites for hydroxylation is 2. The Bertz CT molecular complexity index is 691. The van der Waals surface area contributed by atoms with E-state index in [-0.39, 0.29) is 11.9 Å². The molecule has 1 fully saturated rings. The number of hydrogen-bond acceptors (Lipinski definition) is 3. The standard InChI is InChI=1S/C17H24N4O/c1-11-6-7-15-17(12(11)2)20-16(19-15)10-21-8-4-5-14(9-21)18-13(3)22/h6-7,14H,4-5,8-10H2,1-3H3,(H,18,22)(H,19,20). The fourth-order valence-corrected chi connectivity index (χ4v) is 3.26. The number of carbonyl (C=O) groups is 1. The Hall–Kier alpha value is -1.88. The van der Waals surface area contributed by atoms with Crippen LogP contribution in [0.2, 0.25) is 0 Å². The van der Waals surface area contributed by atoms with Gasteiger partial charge in [-0.3, -0.25) is 9.69 Å². The van der Waals surface area contributed by atoms with Gasteiger partial charge in [-0.2, -0.15) is 0 Å². The molecule has 2 aromatic rings. The molecule has 2 heterocycles. The highest BCUT2D eigenvalue weighted by atomic mass is 16.1. The maximum Gasteiger partial charge on any atom is 0.217 e. The van der Waals surface area contributed by atoms with Crippen LogP contribution in [0.1, 0.15) is 36.7 Å². The lowest BCUT2D eigenvalue weighted by atomic mass is 10.1. The first-order chi connectivity index (χ1) is 10.5. The van der Waals surface area contributed by atoms with Crippen LogP contribution < -0.4 is 5.32 Å². The highest BCUT2D eigenvalue weighted by Gasteiger charge is 2.21. The Labute approximate surface area is 131 Å². The number of hydrogen-bond donors (Lipinski definition) is 2. The normalized spacial score (nSPS) is 19.5. The van der Waals surface area contributed by atoms with Crippen molar-refractivity contribution in [1.29, 1.82) is 0 Å². The second-order valence-corrected chi connectivity index (χ2v) is 6.36. The molecule has 1 unspecified atom stereocenters. The van der Waals surface area contributed by atoms with Crippen molar-refractivity contribution >= 4 is 16.9 Å². The molecule has 1 aromatic carbocycles. The lowest BCUT2D eigenvalue weighted by molar-refractivity contribution is -0.120. The zero-order valence-corrected chi connectivity index (χ0v) is 13.6. The van der Waals surface area contributed by atoms with Crippen LogP contribution in [-0.2, 0) is 11.3 Å². The Kier molecular flexibility index (Phi) is 4.16. The molecular formula is C17H24N4O. The third-order valence-corrected chi connectivity index (χ3v) is 4.51. The van der Waals surface area contributed by atoms with E-state index in [1.807, 2.05) is 0 Å². The van der Waals surface area contributed by atoms with E-state index in [4.69, 9.17) is 4.98 Å². The second kappa shape index (κ2) is 6.08. The maximum atomic E-state index is 11.2. The largest absolute Gasteiger partial charge is 0.352 e. The summed E-state index contributed by atoms with van der Waals surface area (Å²) in [5.41, 5.74) is 4.70. The molecule has 1 aliphatic heterocycles. The molecule has 22 heavy (non-hydrogen) atoms. The van der Waals surface area contributed by atoms with Gasteiger partial charge in [0.05, 0.1) is 17.6 Å². The van der Waals surface area contributed by atoms with Crippen LogP contribution in [0.3, 0.4) is 0 Å². The second-order valence-electron chi connectivity index (χ2n) is 6.36. The quantitative estimate of drug-likeness (QED) is 0.914. The smallest absolute Gasteiger partial charge is 0.217 e. The molecule has 0 saturated carbocycles. The summed E-state index contributed by atoms with van der Waals surface area (Å²) in [6.45, 7) is 8.59. The van der Waals surface area contributed by atoms with Gasteiger partial charge in [-0.15, -0.1) is 0 Å². The van der Waals surface area contributed by atoms with Crippen LogP contribution in [0, 0.1) is 13.8 Å². The Morgan fingerprint density at radius 1 is 1.45 bits per heavy atom. The molecule has 118 valence electrons. The lowest BCUT2D eigenvalue weighted by Gasteiger charge is -2.32. The molecule has 1 aromatic heterocycles. The van der Waals surface area contributed by atoms with E-state index in [0.717, 1.165) is 49.3 Å². The zero-order chi connectivity index (χ0) is 15.7. The van der Waals surface area contributed by atoms with Crippen molar-refractivity contribution in [2.24, 2.45) is 0 Å². The third-order valence-electron chi connectivity index (χ3n) is 4.51. The highest BCUT2D eigenvalue weighted by molar-refractivity contribution is 5.79. The number of aromatic amines is 1. The fraction of sp³-hybridized carbons (Fsp3) is 0.529. The zero-order valence-electron chi connectivity index (χ0n) is 13.6. The molecule has 1 amide bonds. The van der Waals surface area contributed by atoms with E-state index in [9.17, 15) is 4.79 Å². The van der Waals surface area contributed by atoms with E-state index in [0.29, 0.717) is 0 Å². The lowest BCUT2D eigenvalue weighted by Crippen LogP contribution is -2.46. The number of benzene rings is 1. The van der Waals surface area contributed by atoms with Crippen molar-refractivity contribution in [3.05, 3.63) is 29.1 Å². The Morgan fingerprint density at radius 2 is 2.27 bits per heavy atom. The summed E-state index contributed by atoms with van der Waals surface area (Å²) in [5.74, 6) is 1.06. The van der Waals surface area contributed by atoms with Crippen molar-refractivity contribution in [2.45, 2.75) is 46.2 Å². The molecule has 0 spiro atoms. The predicted molar refractivity (Wildman–Crippen MR) is 87.7 cm³/mol. The average molecular weight is 300 g/mol. The van der Waals surface area contributed by atoms with E-state index in [2.05, 4.69) is 41.2 Å². The van der Waals surface area contributed by atoms with Gasteiger partial charge in [0.15, 0.2) is 0 Å². The van der Waals surface area contributed by atoms with Gasteiger partial charge in [-0.1, -0.05) is 6.07 Å². The molecule has 5 nitrogen and oxygen atoms in total. The van der Waals surface area contributed by atoms with Crippen molar-refractivity contribution in [2.75, 3.05) is 13.1 Å². The van der Waals surface area contributed by atoms with E-state index < -0.39 is 0 Å². The minimum absolute atomic E-state index is 0.0571. The molecule has 0 radical (unpaired) electrons. The van der Waals surface area contributed by atoms with E-state index in [1.165, 1.54) is 11.1 Å². The Balaban J connectivity index is 1.73. The van der Waals surface area contributed by atoms with Crippen molar-refractivity contribution in [3.63, 3.8) is 0 Å². The van der Waals surface area contributed by atoms with Crippen molar-refractivity contribution < 1.29 is 4.79 Å². The first kappa shape index (κ1) is 15.0. The van der Waals surface area contributed by atoms with Gasteiger partial charge in [-0.25, -0.2) is 4.98 Å². The number of imidazole rings is 1. The predicted octanol–water partition coefficient (Wildman–Crippen LogP) is 2.28. The number of carbonyl (C=O) groups excluding carboxylic acids is 1. The molecule has 1 saturated heterocycles. The van der Waals surface area contributed by atoms with E-state index >= 15 is 0 Å². The maximum absolute atomic E-state index is 11.2. The highest BCUT2D eigenvalue weighted by Crippen LogP contribution is 2.20. The first-order valence-corrected chi connectivity index (χ1v) is 7.97. The number of nitrogens with one attached hydrogen (secondary N) is 2. The van der Waals surface area contributed by atoms with Crippen LogP contribution >= 0.6 is 0 Å². The first-order valence-electron chi connectivity index (χ1n) is 7.97. The monoisotopic (exact) mass is 300 g/mol. The number of fused-ring (bicyclic) bond motifs is 1. The van der Waals surface area contributed by atoms with Crippen molar-refractivity contribution in [1.82, 2.24) is 20.2 Å². The fourth-order valence-electron chi connectivity index (χ4n) is 3.26. The number of amides is 1. The minimum Gasteiger partial charge on any atom is -0.352 e. The Morgan fingerprint density at radius 3 is 3.05 bits per heavy atom. The van der Waals surface area contributed by atoms with Gasteiger partial charge in [0.1, 0.15) is 5.82 Å². The number of nitrogens with zero attached hydrogens (tertiary/aromatic N) is 2. The van der Waals surface area contributed by atoms with Crippen LogP contribution in [0.5, 0.6) is 0 Å². The SMILES string of the molecule is CC(=O)NC1CCCN(Cc2nc3c(C)c(C)ccc3[nH]2)C1. The van der Waals surface area contributed by atoms with Gasteiger partial charge in [-0.05, 0) is 50.4 Å². The van der Waals surface area contributed by atoms with Gasteiger partial charge >= 0.3 is 0 Å². The van der Waals surface area contributed by atoms with Crippen molar-refractivity contribution in [3.8, 4) is 0 Å². The topological polar surface area (TPSA) is 61.0 Å². The molecule has 1 atom stereocenters. The molecule has 0 bridgehead atoms.